The molecule has 0 bridgehead atoms. The SMILES string of the molecule is C[Si](C)(C)c1ccc(-c2[c-]cccc2)nc1.[2H]C([2H])(c1ccccc1C)c1cc(-c2[c-]ccc3c2sc2cc4c(ccc5ccc(C)cc54)cc23)ncc1F.[Ir]. The molecule has 0 aliphatic carbocycles. The number of halogens is 1. The number of hydrogen-bond acceptors (Lipinski definition) is 3. The summed E-state index contributed by atoms with van der Waals surface area (Å²) in [6, 6.07) is 46.8. The molecule has 0 atom stereocenters. The molecule has 3 heterocycles. The third-order valence-electron chi connectivity index (χ3n) is 9.69. The van der Waals surface area contributed by atoms with E-state index in [9.17, 15) is 0 Å². The van der Waals surface area contributed by atoms with Crippen LogP contribution in [0.3, 0.4) is 0 Å². The van der Waals surface area contributed by atoms with Gasteiger partial charge in [0.15, 0.2) is 0 Å². The molecule has 0 N–H and O–H groups in total. The molecule has 54 heavy (non-hydrogen) atoms. The van der Waals surface area contributed by atoms with E-state index in [0.717, 1.165) is 48.8 Å². The average Bonchev–Trinajstić information content (AvgIpc) is 3.55. The van der Waals surface area contributed by atoms with Gasteiger partial charge in [0, 0.05) is 33.7 Å². The number of fused-ring (bicyclic) bond motifs is 6. The Kier molecular flexibility index (Phi) is 10.0. The Morgan fingerprint density at radius 1 is 0.685 bits per heavy atom. The summed E-state index contributed by atoms with van der Waals surface area (Å²) in [6.07, 6.45) is 1.13. The molecular formula is C48H39FIrN2SSi-2. The molecule has 0 unspecified atom stereocenters. The van der Waals surface area contributed by atoms with Crippen LogP contribution in [-0.4, -0.2) is 18.0 Å². The van der Waals surface area contributed by atoms with Crippen molar-refractivity contribution < 1.29 is 27.2 Å². The first-order valence-corrected chi connectivity index (χ1v) is 22.1. The Balaban J connectivity index is 0.000000238. The van der Waals surface area contributed by atoms with Gasteiger partial charge in [0.05, 0.1) is 14.3 Å². The number of rotatable bonds is 5. The van der Waals surface area contributed by atoms with E-state index in [0.29, 0.717) is 11.3 Å². The number of thiophene rings is 1. The molecule has 0 amide bonds. The number of nitrogens with zero attached hydrogens (tertiary/aromatic N) is 2. The van der Waals surface area contributed by atoms with Crippen molar-refractivity contribution in [3.63, 3.8) is 0 Å². The number of aromatic nitrogens is 2. The Labute approximate surface area is 337 Å². The first-order valence-electron chi connectivity index (χ1n) is 18.7. The molecule has 0 fully saturated rings. The summed E-state index contributed by atoms with van der Waals surface area (Å²) in [4.78, 5) is 8.92. The zero-order valence-electron chi connectivity index (χ0n) is 32.7. The van der Waals surface area contributed by atoms with Crippen LogP contribution in [0.1, 0.15) is 25.0 Å². The fourth-order valence-corrected chi connectivity index (χ4v) is 8.94. The molecule has 9 rings (SSSR count). The normalized spacial score (nSPS) is 12.3. The van der Waals surface area contributed by atoms with Crippen molar-refractivity contribution >= 4 is 66.3 Å². The fraction of sp³-hybridized carbons (Fsp3) is 0.125. The molecule has 6 heteroatoms. The van der Waals surface area contributed by atoms with Crippen molar-refractivity contribution in [2.45, 2.75) is 39.9 Å². The number of pyridine rings is 2. The quantitative estimate of drug-likeness (QED) is 0.0977. The van der Waals surface area contributed by atoms with Crippen LogP contribution >= 0.6 is 11.3 Å². The zero-order chi connectivity index (χ0) is 38.5. The van der Waals surface area contributed by atoms with Gasteiger partial charge in [0.25, 0.3) is 0 Å². The van der Waals surface area contributed by atoms with Gasteiger partial charge in [-0.05, 0) is 97.2 Å². The Bertz CT molecular complexity index is 2870. The molecule has 2 nitrogen and oxygen atoms in total. The van der Waals surface area contributed by atoms with Crippen LogP contribution in [0.2, 0.25) is 19.6 Å². The van der Waals surface area contributed by atoms with Gasteiger partial charge in [-0.15, -0.1) is 59.7 Å². The van der Waals surface area contributed by atoms with E-state index in [-0.39, 0.29) is 25.7 Å². The first-order chi connectivity index (χ1) is 26.4. The maximum absolute atomic E-state index is 15.1. The Hall–Kier alpha value is -4.84. The van der Waals surface area contributed by atoms with E-state index in [2.05, 4.69) is 109 Å². The molecule has 3 aromatic heterocycles. The summed E-state index contributed by atoms with van der Waals surface area (Å²) in [7, 11) is -1.23. The van der Waals surface area contributed by atoms with Crippen molar-refractivity contribution in [2.24, 2.45) is 0 Å². The predicted molar refractivity (Wildman–Crippen MR) is 227 cm³/mol. The zero-order valence-corrected chi connectivity index (χ0v) is 34.9. The summed E-state index contributed by atoms with van der Waals surface area (Å²) in [5, 5.41) is 8.49. The van der Waals surface area contributed by atoms with Crippen LogP contribution in [0, 0.1) is 31.8 Å². The minimum Gasteiger partial charge on any atom is -0.305 e. The number of benzene rings is 6. The Morgan fingerprint density at radius 3 is 2.20 bits per heavy atom. The van der Waals surface area contributed by atoms with Crippen molar-refractivity contribution in [1.82, 2.24) is 9.97 Å². The van der Waals surface area contributed by atoms with Crippen LogP contribution in [-0.2, 0) is 26.5 Å². The average molecular weight is 917 g/mol. The van der Waals surface area contributed by atoms with Crippen LogP contribution in [0.15, 0.2) is 134 Å². The number of hydrogen-bond donors (Lipinski definition) is 0. The van der Waals surface area contributed by atoms with Crippen LogP contribution in [0.25, 0.3) is 64.2 Å². The molecule has 0 aliphatic rings. The van der Waals surface area contributed by atoms with Gasteiger partial charge in [-0.25, -0.2) is 4.39 Å². The van der Waals surface area contributed by atoms with E-state index in [4.69, 9.17) is 2.74 Å². The molecule has 0 saturated heterocycles. The molecule has 9 aromatic rings. The molecule has 269 valence electrons. The third-order valence-corrected chi connectivity index (χ3v) is 12.9. The molecule has 0 saturated carbocycles. The maximum Gasteiger partial charge on any atom is 0.143 e. The predicted octanol–water partition coefficient (Wildman–Crippen LogP) is 12.7. The van der Waals surface area contributed by atoms with Gasteiger partial charge in [-0.1, -0.05) is 103 Å². The minimum atomic E-state index is -2.02. The topological polar surface area (TPSA) is 25.8 Å². The van der Waals surface area contributed by atoms with Crippen molar-refractivity contribution in [1.29, 1.82) is 0 Å². The van der Waals surface area contributed by atoms with Gasteiger partial charge < -0.3 is 9.97 Å². The van der Waals surface area contributed by atoms with Gasteiger partial charge >= 0.3 is 0 Å². The van der Waals surface area contributed by atoms with E-state index >= 15 is 4.39 Å². The van der Waals surface area contributed by atoms with E-state index in [1.54, 1.807) is 29.5 Å². The van der Waals surface area contributed by atoms with Crippen molar-refractivity contribution in [3.8, 4) is 22.5 Å². The van der Waals surface area contributed by atoms with Crippen molar-refractivity contribution in [2.75, 3.05) is 0 Å². The second-order valence-electron chi connectivity index (χ2n) is 14.5. The maximum atomic E-state index is 15.1. The van der Waals surface area contributed by atoms with E-state index in [1.165, 1.54) is 32.3 Å². The van der Waals surface area contributed by atoms with Gasteiger partial charge in [0.2, 0.25) is 0 Å². The summed E-state index contributed by atoms with van der Waals surface area (Å²) in [5.74, 6) is -0.663. The molecule has 6 aromatic carbocycles. The van der Waals surface area contributed by atoms with Crippen LogP contribution in [0.5, 0.6) is 0 Å². The summed E-state index contributed by atoms with van der Waals surface area (Å²) < 4.78 is 35.0. The Morgan fingerprint density at radius 2 is 1.44 bits per heavy atom. The molecule has 0 spiro atoms. The third kappa shape index (κ3) is 7.58. The molecular weight excluding hydrogens is 876 g/mol. The monoisotopic (exact) mass is 917 g/mol. The molecule has 1 radical (unpaired) electrons. The second-order valence-corrected chi connectivity index (χ2v) is 20.6. The van der Waals surface area contributed by atoms with Gasteiger partial charge in [-0.3, -0.25) is 0 Å². The smallest absolute Gasteiger partial charge is 0.143 e. The fourth-order valence-electron chi connectivity index (χ4n) is 6.67. The van der Waals surface area contributed by atoms with Gasteiger partial charge in [-0.2, -0.15) is 11.3 Å². The van der Waals surface area contributed by atoms with Crippen LogP contribution < -0.4 is 5.19 Å². The summed E-state index contributed by atoms with van der Waals surface area (Å²) >= 11 is 1.67. The number of aryl methyl sites for hydroxylation is 2. The standard InChI is InChI=1S/C34H23FNS.C14H16NSi.Ir/c1-20-10-11-22-12-13-24-16-30-26-8-5-9-27(34(26)37-33(30)18-29(24)28(22)14-20)32-17-25(31(35)19-36-32)15-23-7-4-3-6-21(23)2;1-16(2,3)13-9-10-14(15-11-13)12-7-5-4-6-8-12;/h3-8,10-14,16-19H,15H2,1-2H3;4-7,9-11H,1-3H3;/q2*-1;/i15D2;;. The molecule has 0 aliphatic heterocycles. The van der Waals surface area contributed by atoms with E-state index in [1.807, 2.05) is 55.6 Å². The summed E-state index contributed by atoms with van der Waals surface area (Å²) in [6.45, 7) is 11.0. The second kappa shape index (κ2) is 15.5. The summed E-state index contributed by atoms with van der Waals surface area (Å²) in [5.41, 5.74) is 5.74. The van der Waals surface area contributed by atoms with E-state index < -0.39 is 20.3 Å². The van der Waals surface area contributed by atoms with Crippen molar-refractivity contribution in [3.05, 3.63) is 174 Å². The first kappa shape index (κ1) is 34.9. The largest absolute Gasteiger partial charge is 0.305 e. The minimum absolute atomic E-state index is 0. The van der Waals surface area contributed by atoms with Gasteiger partial charge in [0.1, 0.15) is 5.82 Å². The van der Waals surface area contributed by atoms with Crippen LogP contribution in [0.4, 0.5) is 4.39 Å².